The summed E-state index contributed by atoms with van der Waals surface area (Å²) < 4.78 is 0. The molecule has 0 bridgehead atoms. The van der Waals surface area contributed by atoms with Gasteiger partial charge in [0.05, 0.1) is 0 Å². The predicted octanol–water partition coefficient (Wildman–Crippen LogP) is 3.82. The molecule has 0 aromatic heterocycles. The number of carbonyl (C=O) groups excluding carboxylic acids is 1. The van der Waals surface area contributed by atoms with E-state index in [1.807, 2.05) is 0 Å². The summed E-state index contributed by atoms with van der Waals surface area (Å²) in [6.07, 6.45) is 6.03. The number of carbonyl (C=O) groups is 1. The number of ketones is 1. The van der Waals surface area contributed by atoms with Crippen LogP contribution in [0.3, 0.4) is 0 Å². The molecule has 2 unspecified atom stereocenters. The fourth-order valence-corrected chi connectivity index (χ4v) is 2.67. The van der Waals surface area contributed by atoms with Gasteiger partial charge in [-0.05, 0) is 37.0 Å². The lowest BCUT2D eigenvalue weighted by atomic mass is 9.68. The van der Waals surface area contributed by atoms with Crippen molar-refractivity contribution in [3.8, 4) is 0 Å². The molecule has 82 valence electrons. The highest BCUT2D eigenvalue weighted by Gasteiger charge is 2.30. The molecule has 1 aliphatic carbocycles. The quantitative estimate of drug-likeness (QED) is 0.656. The highest BCUT2D eigenvalue weighted by Crippen LogP contribution is 2.41. The highest BCUT2D eigenvalue weighted by atomic mass is 16.1. The molecule has 1 saturated carbocycles. The molecule has 0 heterocycles. The number of hydrogen-bond donors (Lipinski definition) is 0. The maximum absolute atomic E-state index is 11.1. The van der Waals surface area contributed by atoms with Crippen LogP contribution in [-0.4, -0.2) is 5.78 Å². The van der Waals surface area contributed by atoms with Gasteiger partial charge in [0.25, 0.3) is 0 Å². The van der Waals surface area contributed by atoms with Gasteiger partial charge in [0.1, 0.15) is 5.78 Å². The van der Waals surface area contributed by atoms with Gasteiger partial charge in [0, 0.05) is 6.42 Å². The van der Waals surface area contributed by atoms with Crippen LogP contribution >= 0.6 is 0 Å². The lowest BCUT2D eigenvalue weighted by molar-refractivity contribution is -0.118. The van der Waals surface area contributed by atoms with Crippen LogP contribution in [0.15, 0.2) is 0 Å². The van der Waals surface area contributed by atoms with E-state index >= 15 is 0 Å². The van der Waals surface area contributed by atoms with Crippen molar-refractivity contribution in [2.24, 2.45) is 17.3 Å². The van der Waals surface area contributed by atoms with E-state index in [0.717, 1.165) is 12.3 Å². The van der Waals surface area contributed by atoms with E-state index in [2.05, 4.69) is 20.8 Å². The summed E-state index contributed by atoms with van der Waals surface area (Å²) in [6.45, 7) is 8.70. The molecule has 0 aromatic rings. The third-order valence-corrected chi connectivity index (χ3v) is 3.58. The molecular weight excluding hydrogens is 172 g/mol. The minimum Gasteiger partial charge on any atom is -0.300 e. The summed E-state index contributed by atoms with van der Waals surface area (Å²) in [5, 5.41) is 0. The van der Waals surface area contributed by atoms with Gasteiger partial charge in [-0.3, -0.25) is 0 Å². The molecule has 14 heavy (non-hydrogen) atoms. The summed E-state index contributed by atoms with van der Waals surface area (Å²) in [7, 11) is 0. The Balaban J connectivity index is 2.48. The van der Waals surface area contributed by atoms with E-state index in [1.165, 1.54) is 25.7 Å². The van der Waals surface area contributed by atoms with Gasteiger partial charge in [-0.25, -0.2) is 0 Å². The summed E-state index contributed by atoms with van der Waals surface area (Å²) in [4.78, 5) is 11.1. The molecule has 0 amide bonds. The van der Waals surface area contributed by atoms with Crippen LogP contribution in [0.1, 0.15) is 59.8 Å². The van der Waals surface area contributed by atoms with E-state index in [1.54, 1.807) is 6.92 Å². The lowest BCUT2D eigenvalue weighted by Gasteiger charge is -2.37. The number of rotatable bonds is 2. The molecule has 1 fully saturated rings. The first-order valence-electron chi connectivity index (χ1n) is 5.89. The van der Waals surface area contributed by atoms with Crippen LogP contribution in [-0.2, 0) is 4.79 Å². The van der Waals surface area contributed by atoms with Gasteiger partial charge >= 0.3 is 0 Å². The van der Waals surface area contributed by atoms with Crippen molar-refractivity contribution in [1.82, 2.24) is 0 Å². The number of Topliss-reactive ketones (excluding diaryl/α,β-unsaturated/α-hetero) is 1. The normalized spacial score (nSPS) is 28.9. The van der Waals surface area contributed by atoms with Crippen LogP contribution in [0.2, 0.25) is 0 Å². The second kappa shape index (κ2) is 4.46. The minimum absolute atomic E-state index is 0.365. The van der Waals surface area contributed by atoms with Crippen molar-refractivity contribution in [2.75, 3.05) is 0 Å². The van der Waals surface area contributed by atoms with Gasteiger partial charge in [0.2, 0.25) is 0 Å². The van der Waals surface area contributed by atoms with E-state index < -0.39 is 0 Å². The summed E-state index contributed by atoms with van der Waals surface area (Å²) in [6, 6.07) is 0. The Morgan fingerprint density at radius 2 is 1.93 bits per heavy atom. The average Bonchev–Trinajstić information content (AvgIpc) is 2.01. The first kappa shape index (κ1) is 11.7. The maximum Gasteiger partial charge on any atom is 0.130 e. The van der Waals surface area contributed by atoms with E-state index in [-0.39, 0.29) is 0 Å². The topological polar surface area (TPSA) is 17.1 Å². The van der Waals surface area contributed by atoms with Crippen molar-refractivity contribution in [2.45, 2.75) is 59.8 Å². The molecule has 0 aromatic carbocycles. The van der Waals surface area contributed by atoms with Gasteiger partial charge in [-0.2, -0.15) is 0 Å². The van der Waals surface area contributed by atoms with Gasteiger partial charge < -0.3 is 4.79 Å². The molecule has 1 aliphatic rings. The summed E-state index contributed by atoms with van der Waals surface area (Å²) in [5.41, 5.74) is 0.426. The first-order valence-corrected chi connectivity index (χ1v) is 5.89. The van der Waals surface area contributed by atoms with Crippen molar-refractivity contribution >= 4 is 5.78 Å². The Bertz CT molecular complexity index is 200. The van der Waals surface area contributed by atoms with Crippen molar-refractivity contribution in [1.29, 1.82) is 0 Å². The second-order valence-corrected chi connectivity index (χ2v) is 6.00. The zero-order chi connectivity index (χ0) is 10.8. The Morgan fingerprint density at radius 3 is 2.43 bits per heavy atom. The van der Waals surface area contributed by atoms with Crippen molar-refractivity contribution in [3.63, 3.8) is 0 Å². The smallest absolute Gasteiger partial charge is 0.130 e. The van der Waals surface area contributed by atoms with Crippen LogP contribution in [0.25, 0.3) is 0 Å². The van der Waals surface area contributed by atoms with E-state index in [0.29, 0.717) is 17.1 Å². The zero-order valence-corrected chi connectivity index (χ0v) is 10.1. The lowest BCUT2D eigenvalue weighted by Crippen LogP contribution is -2.27. The maximum atomic E-state index is 11.1. The Kier molecular flexibility index (Phi) is 3.74. The second-order valence-electron chi connectivity index (χ2n) is 6.00. The number of hydrogen-bond acceptors (Lipinski definition) is 1. The molecule has 0 aliphatic heterocycles. The van der Waals surface area contributed by atoms with Gasteiger partial charge in [-0.1, -0.05) is 33.6 Å². The molecule has 0 saturated heterocycles. The third-order valence-electron chi connectivity index (χ3n) is 3.58. The zero-order valence-electron chi connectivity index (χ0n) is 10.1. The molecule has 0 radical (unpaired) electrons. The van der Waals surface area contributed by atoms with E-state index in [9.17, 15) is 4.79 Å². The van der Waals surface area contributed by atoms with Crippen LogP contribution < -0.4 is 0 Å². The fourth-order valence-electron chi connectivity index (χ4n) is 2.67. The summed E-state index contributed by atoms with van der Waals surface area (Å²) in [5.74, 6) is 1.86. The molecule has 0 N–H and O–H groups in total. The standard InChI is InChI=1S/C13H24O/c1-10(14)8-11-6-5-7-12(9-11)13(2,3)4/h11-12H,5-9H2,1-4H3. The molecular formula is C13H24O. The minimum atomic E-state index is 0.365. The SMILES string of the molecule is CC(=O)CC1CCCC(C(C)(C)C)C1. The van der Waals surface area contributed by atoms with Crippen molar-refractivity contribution < 1.29 is 4.79 Å². The Labute approximate surface area is 88.3 Å². The molecule has 2 atom stereocenters. The highest BCUT2D eigenvalue weighted by molar-refractivity contribution is 5.75. The van der Waals surface area contributed by atoms with Gasteiger partial charge in [-0.15, -0.1) is 0 Å². The van der Waals surface area contributed by atoms with Crippen LogP contribution in [0.4, 0.5) is 0 Å². The monoisotopic (exact) mass is 196 g/mol. The van der Waals surface area contributed by atoms with Crippen LogP contribution in [0, 0.1) is 17.3 Å². The Morgan fingerprint density at radius 1 is 1.29 bits per heavy atom. The van der Waals surface area contributed by atoms with Crippen molar-refractivity contribution in [3.05, 3.63) is 0 Å². The molecule has 1 nitrogen and oxygen atoms in total. The predicted molar refractivity (Wildman–Crippen MR) is 60.2 cm³/mol. The van der Waals surface area contributed by atoms with Crippen LogP contribution in [0.5, 0.6) is 0 Å². The van der Waals surface area contributed by atoms with Gasteiger partial charge in [0.15, 0.2) is 0 Å². The molecule has 1 heteroatoms. The third kappa shape index (κ3) is 3.43. The molecule has 0 spiro atoms. The first-order chi connectivity index (χ1) is 6.39. The largest absolute Gasteiger partial charge is 0.300 e. The molecule has 1 rings (SSSR count). The summed E-state index contributed by atoms with van der Waals surface area (Å²) >= 11 is 0. The van der Waals surface area contributed by atoms with E-state index in [4.69, 9.17) is 0 Å². The Hall–Kier alpha value is -0.330. The fraction of sp³-hybridized carbons (Fsp3) is 0.923. The average molecular weight is 196 g/mol.